The van der Waals surface area contributed by atoms with E-state index in [1.807, 2.05) is 0 Å². The summed E-state index contributed by atoms with van der Waals surface area (Å²) in [5, 5.41) is 3.54. The monoisotopic (exact) mass is 231 g/mol. The van der Waals surface area contributed by atoms with Crippen molar-refractivity contribution in [3.63, 3.8) is 0 Å². The van der Waals surface area contributed by atoms with Crippen molar-refractivity contribution in [3.05, 3.63) is 35.4 Å². The molecule has 1 aromatic carbocycles. The van der Waals surface area contributed by atoms with Gasteiger partial charge in [0.05, 0.1) is 0 Å². The minimum Gasteiger partial charge on any atom is -0.310 e. The van der Waals surface area contributed by atoms with Crippen LogP contribution >= 0.6 is 0 Å². The number of hydrogen-bond donors (Lipinski definition) is 1. The van der Waals surface area contributed by atoms with Crippen LogP contribution in [0.15, 0.2) is 24.3 Å². The average Bonchev–Trinajstić information content (AvgIpc) is 3.08. The molecule has 0 radical (unpaired) electrons. The van der Waals surface area contributed by atoms with Gasteiger partial charge in [-0.15, -0.1) is 0 Å². The molecule has 0 unspecified atom stereocenters. The van der Waals surface area contributed by atoms with Gasteiger partial charge in [0.15, 0.2) is 0 Å². The number of benzene rings is 1. The van der Waals surface area contributed by atoms with Gasteiger partial charge in [-0.05, 0) is 35.3 Å². The maximum atomic E-state index is 3.54. The van der Waals surface area contributed by atoms with Crippen molar-refractivity contribution in [1.29, 1.82) is 0 Å². The molecule has 94 valence electrons. The Morgan fingerprint density at radius 1 is 1.12 bits per heavy atom. The Kier molecular flexibility index (Phi) is 3.58. The fourth-order valence-corrected chi connectivity index (χ4v) is 2.77. The largest absolute Gasteiger partial charge is 0.310 e. The van der Waals surface area contributed by atoms with Gasteiger partial charge in [-0.1, -0.05) is 52.0 Å². The maximum absolute atomic E-state index is 3.54. The van der Waals surface area contributed by atoms with Crippen LogP contribution in [-0.2, 0) is 12.0 Å². The molecule has 17 heavy (non-hydrogen) atoms. The number of nitrogens with one attached hydrogen (secondary N) is 1. The van der Waals surface area contributed by atoms with Gasteiger partial charge < -0.3 is 5.32 Å². The molecule has 0 heterocycles. The van der Waals surface area contributed by atoms with Crippen molar-refractivity contribution in [1.82, 2.24) is 5.32 Å². The molecule has 1 heteroatoms. The zero-order valence-corrected chi connectivity index (χ0v) is 11.6. The molecule has 1 aromatic rings. The van der Waals surface area contributed by atoms with Crippen molar-refractivity contribution in [2.45, 2.75) is 58.5 Å². The zero-order chi connectivity index (χ0) is 12.5. The van der Waals surface area contributed by atoms with E-state index in [9.17, 15) is 0 Å². The summed E-state index contributed by atoms with van der Waals surface area (Å²) in [7, 11) is 0. The lowest BCUT2D eigenvalue weighted by molar-refractivity contribution is 0.473. The highest BCUT2D eigenvalue weighted by Gasteiger charge is 2.47. The van der Waals surface area contributed by atoms with E-state index in [2.05, 4.69) is 57.3 Å². The van der Waals surface area contributed by atoms with E-state index < -0.39 is 0 Å². The fraction of sp³-hybridized carbons (Fsp3) is 0.625. The molecule has 0 aliphatic heterocycles. The van der Waals surface area contributed by atoms with Crippen LogP contribution in [0.25, 0.3) is 0 Å². The van der Waals surface area contributed by atoms with Crippen molar-refractivity contribution < 1.29 is 0 Å². The van der Waals surface area contributed by atoms with Crippen molar-refractivity contribution in [3.8, 4) is 0 Å². The molecule has 0 aromatic heterocycles. The zero-order valence-electron chi connectivity index (χ0n) is 11.6. The Morgan fingerprint density at radius 3 is 2.29 bits per heavy atom. The highest BCUT2D eigenvalue weighted by atomic mass is 14.9. The van der Waals surface area contributed by atoms with E-state index in [4.69, 9.17) is 0 Å². The quantitative estimate of drug-likeness (QED) is 0.811. The Bertz CT molecular complexity index is 375. The summed E-state index contributed by atoms with van der Waals surface area (Å²) in [4.78, 5) is 0. The lowest BCUT2D eigenvalue weighted by atomic mass is 9.82. The van der Waals surface area contributed by atoms with E-state index >= 15 is 0 Å². The maximum Gasteiger partial charge on any atom is 0.0210 e. The van der Waals surface area contributed by atoms with Crippen LogP contribution in [0.4, 0.5) is 0 Å². The predicted octanol–water partition coefficient (Wildman–Crippen LogP) is 3.87. The molecule has 1 aliphatic rings. The predicted molar refractivity (Wildman–Crippen MR) is 74.2 cm³/mol. The van der Waals surface area contributed by atoms with Gasteiger partial charge in [0.25, 0.3) is 0 Å². The Morgan fingerprint density at radius 2 is 1.76 bits per heavy atom. The van der Waals surface area contributed by atoms with Gasteiger partial charge in [0.1, 0.15) is 0 Å². The number of hydrogen-bond acceptors (Lipinski definition) is 1. The summed E-state index contributed by atoms with van der Waals surface area (Å²) in [6.07, 6.45) is 2.73. The normalized spacial score (nSPS) is 17.8. The van der Waals surface area contributed by atoms with Crippen LogP contribution in [0.3, 0.4) is 0 Å². The summed E-state index contributed by atoms with van der Waals surface area (Å²) in [5.74, 6) is 0.752. The van der Waals surface area contributed by atoms with Crippen molar-refractivity contribution in [2.24, 2.45) is 5.92 Å². The van der Waals surface area contributed by atoms with Crippen LogP contribution in [0, 0.1) is 5.92 Å². The molecular weight excluding hydrogens is 206 g/mol. The highest BCUT2D eigenvalue weighted by molar-refractivity contribution is 5.39. The fourth-order valence-electron chi connectivity index (χ4n) is 2.77. The lowest BCUT2D eigenvalue weighted by Crippen LogP contribution is -2.25. The third kappa shape index (κ3) is 2.55. The Balaban J connectivity index is 2.22. The molecule has 0 atom stereocenters. The van der Waals surface area contributed by atoms with Gasteiger partial charge >= 0.3 is 0 Å². The summed E-state index contributed by atoms with van der Waals surface area (Å²) in [6, 6.07) is 9.53. The molecule has 2 rings (SSSR count). The average molecular weight is 231 g/mol. The number of rotatable bonds is 5. The van der Waals surface area contributed by atoms with Gasteiger partial charge in [-0.25, -0.2) is 0 Å². The van der Waals surface area contributed by atoms with Crippen LogP contribution in [0.2, 0.25) is 0 Å². The molecule has 0 saturated heterocycles. The Hall–Kier alpha value is -0.820. The lowest BCUT2D eigenvalue weighted by Gasteiger charge is -2.24. The van der Waals surface area contributed by atoms with E-state index in [1.54, 1.807) is 5.56 Å². The summed E-state index contributed by atoms with van der Waals surface area (Å²) < 4.78 is 0. The summed E-state index contributed by atoms with van der Waals surface area (Å²) in [6.45, 7) is 10.1. The third-order valence-electron chi connectivity index (χ3n) is 4.15. The van der Waals surface area contributed by atoms with E-state index in [0.29, 0.717) is 11.5 Å². The highest BCUT2D eigenvalue weighted by Crippen LogP contribution is 2.54. The minimum absolute atomic E-state index is 0.481. The molecule has 0 bridgehead atoms. The van der Waals surface area contributed by atoms with Gasteiger partial charge in [-0.2, -0.15) is 0 Å². The molecule has 0 amide bonds. The first-order valence-electron chi connectivity index (χ1n) is 6.88. The molecular formula is C16H25N. The van der Waals surface area contributed by atoms with Crippen LogP contribution in [0.1, 0.15) is 51.7 Å². The molecule has 1 nitrogen and oxygen atoms in total. The smallest absolute Gasteiger partial charge is 0.0210 e. The van der Waals surface area contributed by atoms with Crippen LogP contribution < -0.4 is 5.32 Å². The summed E-state index contributed by atoms with van der Waals surface area (Å²) >= 11 is 0. The van der Waals surface area contributed by atoms with Crippen LogP contribution in [-0.4, -0.2) is 6.04 Å². The molecule has 0 spiro atoms. The van der Waals surface area contributed by atoms with E-state index in [0.717, 1.165) is 12.5 Å². The second kappa shape index (κ2) is 4.81. The SMILES string of the molecule is CC(C)NCc1ccccc1C1(C(C)C)CC1. The Labute approximate surface area is 106 Å². The first kappa shape index (κ1) is 12.6. The topological polar surface area (TPSA) is 12.0 Å². The second-order valence-corrected chi connectivity index (χ2v) is 6.00. The van der Waals surface area contributed by atoms with Gasteiger partial charge in [-0.3, -0.25) is 0 Å². The molecule has 1 saturated carbocycles. The van der Waals surface area contributed by atoms with E-state index in [-0.39, 0.29) is 0 Å². The van der Waals surface area contributed by atoms with E-state index in [1.165, 1.54) is 18.4 Å². The minimum atomic E-state index is 0.481. The first-order valence-corrected chi connectivity index (χ1v) is 6.88. The van der Waals surface area contributed by atoms with Gasteiger partial charge in [0.2, 0.25) is 0 Å². The summed E-state index contributed by atoms with van der Waals surface area (Å²) in [5.41, 5.74) is 3.56. The standard InChI is InChI=1S/C16H25N/c1-12(2)16(9-10-16)15-8-6-5-7-14(15)11-17-13(3)4/h5-8,12-13,17H,9-11H2,1-4H3. The second-order valence-electron chi connectivity index (χ2n) is 6.00. The molecule has 1 aliphatic carbocycles. The van der Waals surface area contributed by atoms with Gasteiger partial charge in [0, 0.05) is 12.6 Å². The molecule has 1 fully saturated rings. The molecule has 1 N–H and O–H groups in total. The van der Waals surface area contributed by atoms with Crippen LogP contribution in [0.5, 0.6) is 0 Å². The third-order valence-corrected chi connectivity index (χ3v) is 4.15. The van der Waals surface area contributed by atoms with Crippen molar-refractivity contribution >= 4 is 0 Å². The van der Waals surface area contributed by atoms with Crippen molar-refractivity contribution in [2.75, 3.05) is 0 Å². The first-order chi connectivity index (χ1) is 8.06.